The summed E-state index contributed by atoms with van der Waals surface area (Å²) in [5.74, 6) is 0.413. The quantitative estimate of drug-likeness (QED) is 0.648. The Hall–Kier alpha value is -0.610. The molecule has 0 atom stereocenters. The van der Waals surface area contributed by atoms with Crippen LogP contribution in [0.4, 0.5) is 0 Å². The number of hydrogen-bond acceptors (Lipinski definition) is 4. The van der Waals surface area contributed by atoms with Crippen LogP contribution in [0.15, 0.2) is 16.3 Å². The first-order chi connectivity index (χ1) is 7.10. The first kappa shape index (κ1) is 12.5. The third-order valence-corrected chi connectivity index (χ3v) is 4.77. The molecule has 1 rings (SSSR count). The smallest absolute Gasteiger partial charge is 0.210 e. The first-order valence-corrected chi connectivity index (χ1v) is 6.99. The Morgan fingerprint density at radius 1 is 1.53 bits per heavy atom. The minimum Gasteiger partial charge on any atom is -0.210 e. The molecule has 0 saturated heterocycles. The van der Waals surface area contributed by atoms with Gasteiger partial charge in [0.25, 0.3) is 0 Å². The van der Waals surface area contributed by atoms with E-state index in [1.807, 2.05) is 6.07 Å². The van der Waals surface area contributed by atoms with Gasteiger partial charge in [0.15, 0.2) is 0 Å². The molecule has 0 fully saturated rings. The fraction of sp³-hybridized carbons (Fsp3) is 0.375. The Morgan fingerprint density at radius 3 is 2.80 bits per heavy atom. The molecule has 0 aliphatic carbocycles. The fourth-order valence-electron chi connectivity index (χ4n) is 0.869. The number of rotatable bonds is 5. The molecule has 1 aromatic heterocycles. The van der Waals surface area contributed by atoms with Gasteiger partial charge in [0.05, 0.1) is 0 Å². The zero-order valence-corrected chi connectivity index (χ0v) is 10.1. The van der Waals surface area contributed by atoms with Crippen molar-refractivity contribution in [1.82, 2.24) is 4.72 Å². The molecule has 4 nitrogen and oxygen atoms in total. The van der Waals surface area contributed by atoms with Crippen LogP contribution in [0.1, 0.15) is 11.3 Å². The minimum absolute atomic E-state index is 0.161. The summed E-state index contributed by atoms with van der Waals surface area (Å²) in [6.45, 7) is 0.311. The van der Waals surface area contributed by atoms with Crippen molar-refractivity contribution in [3.05, 3.63) is 17.0 Å². The van der Waals surface area contributed by atoms with Gasteiger partial charge >= 0.3 is 0 Å². The second-order valence-corrected chi connectivity index (χ2v) is 6.13. The van der Waals surface area contributed by atoms with Crippen LogP contribution in [0.5, 0.6) is 0 Å². The maximum atomic E-state index is 11.6. The van der Waals surface area contributed by atoms with E-state index in [1.165, 1.54) is 12.1 Å². The van der Waals surface area contributed by atoms with Crippen LogP contribution in [-0.2, 0) is 10.0 Å². The normalized spacial score (nSPS) is 11.2. The van der Waals surface area contributed by atoms with Crippen molar-refractivity contribution in [2.24, 2.45) is 0 Å². The molecule has 0 unspecified atom stereocenters. The number of nitrogens with zero attached hydrogens (tertiary/aromatic N) is 1. The molecule has 0 aromatic carbocycles. The van der Waals surface area contributed by atoms with Crippen molar-refractivity contribution < 1.29 is 8.42 Å². The van der Waals surface area contributed by atoms with Gasteiger partial charge < -0.3 is 0 Å². The van der Waals surface area contributed by atoms with Crippen LogP contribution in [0.3, 0.4) is 0 Å². The maximum absolute atomic E-state index is 11.6. The highest BCUT2D eigenvalue weighted by molar-refractivity contribution is 7.91. The van der Waals surface area contributed by atoms with Crippen molar-refractivity contribution in [3.8, 4) is 6.07 Å². The van der Waals surface area contributed by atoms with Gasteiger partial charge in [-0.25, -0.2) is 13.1 Å². The average molecular weight is 265 g/mol. The summed E-state index contributed by atoms with van der Waals surface area (Å²) < 4.78 is 25.7. The summed E-state index contributed by atoms with van der Waals surface area (Å²) in [6, 6.07) is 4.80. The van der Waals surface area contributed by atoms with Gasteiger partial charge in [0.1, 0.15) is 15.2 Å². The Kier molecular flexibility index (Phi) is 4.54. The molecule has 0 saturated carbocycles. The molecule has 0 aliphatic heterocycles. The van der Waals surface area contributed by atoms with Crippen LogP contribution < -0.4 is 4.72 Å². The lowest BCUT2D eigenvalue weighted by molar-refractivity contribution is 0.583. The number of alkyl halides is 1. The Morgan fingerprint density at radius 2 is 2.27 bits per heavy atom. The van der Waals surface area contributed by atoms with E-state index in [1.54, 1.807) is 0 Å². The second-order valence-electron chi connectivity index (χ2n) is 2.67. The molecule has 0 aliphatic rings. The Balaban J connectivity index is 2.74. The van der Waals surface area contributed by atoms with E-state index < -0.39 is 10.0 Å². The lowest BCUT2D eigenvalue weighted by Gasteiger charge is -2.02. The lowest BCUT2D eigenvalue weighted by atomic mass is 10.5. The van der Waals surface area contributed by atoms with Crippen molar-refractivity contribution >= 4 is 33.0 Å². The molecular formula is C8H9ClN2O2S2. The van der Waals surface area contributed by atoms with Crippen LogP contribution >= 0.6 is 22.9 Å². The van der Waals surface area contributed by atoms with Crippen LogP contribution in [0.2, 0.25) is 0 Å². The summed E-state index contributed by atoms with van der Waals surface area (Å²) in [7, 11) is -3.46. The molecule has 0 spiro atoms. The summed E-state index contributed by atoms with van der Waals surface area (Å²) in [5.41, 5.74) is 0. The third kappa shape index (κ3) is 3.47. The van der Waals surface area contributed by atoms with E-state index >= 15 is 0 Å². The van der Waals surface area contributed by atoms with Crippen LogP contribution in [0, 0.1) is 11.3 Å². The highest BCUT2D eigenvalue weighted by atomic mass is 35.5. The first-order valence-electron chi connectivity index (χ1n) is 4.15. The van der Waals surface area contributed by atoms with Crippen molar-refractivity contribution in [2.75, 3.05) is 12.4 Å². The van der Waals surface area contributed by atoms with E-state index in [9.17, 15) is 8.42 Å². The highest BCUT2D eigenvalue weighted by Gasteiger charge is 2.15. The Labute approximate surface area is 97.5 Å². The Bertz CT molecular complexity index is 461. The van der Waals surface area contributed by atoms with Crippen molar-refractivity contribution in [2.45, 2.75) is 10.6 Å². The zero-order chi connectivity index (χ0) is 11.3. The summed E-state index contributed by atoms with van der Waals surface area (Å²) in [5, 5.41) is 8.56. The zero-order valence-electron chi connectivity index (χ0n) is 7.73. The molecule has 82 valence electrons. The maximum Gasteiger partial charge on any atom is 0.250 e. The van der Waals surface area contributed by atoms with E-state index in [2.05, 4.69) is 4.72 Å². The van der Waals surface area contributed by atoms with E-state index in [-0.39, 0.29) is 4.21 Å². The summed E-state index contributed by atoms with van der Waals surface area (Å²) in [6.07, 6.45) is 0.581. The molecule has 7 heteroatoms. The predicted molar refractivity (Wildman–Crippen MR) is 59.6 cm³/mol. The molecule has 0 amide bonds. The number of nitrogens with one attached hydrogen (secondary N) is 1. The second kappa shape index (κ2) is 5.47. The minimum atomic E-state index is -3.46. The van der Waals surface area contributed by atoms with Gasteiger partial charge in [-0.2, -0.15) is 5.26 Å². The molecule has 0 radical (unpaired) electrons. The third-order valence-electron chi connectivity index (χ3n) is 1.56. The van der Waals surface area contributed by atoms with Gasteiger partial charge in [-0.15, -0.1) is 22.9 Å². The number of sulfonamides is 1. The predicted octanol–water partition coefficient (Wildman–Crippen LogP) is 1.53. The monoisotopic (exact) mass is 264 g/mol. The number of hydrogen-bond donors (Lipinski definition) is 1. The standard InChI is InChI=1S/C8H9ClN2O2S2/c9-4-1-5-11-15(12,13)8-3-2-7(6-10)14-8/h2-3,11H,1,4-5H2. The van der Waals surface area contributed by atoms with E-state index in [0.29, 0.717) is 23.7 Å². The van der Waals surface area contributed by atoms with Gasteiger partial charge in [-0.05, 0) is 18.6 Å². The number of halogens is 1. The summed E-state index contributed by atoms with van der Waals surface area (Å²) in [4.78, 5) is 0.382. The van der Waals surface area contributed by atoms with Crippen LogP contribution in [0.25, 0.3) is 0 Å². The van der Waals surface area contributed by atoms with Gasteiger partial charge in [0, 0.05) is 12.4 Å². The summed E-state index contributed by atoms with van der Waals surface area (Å²) >= 11 is 6.38. The topological polar surface area (TPSA) is 70.0 Å². The van der Waals surface area contributed by atoms with Gasteiger partial charge in [-0.1, -0.05) is 0 Å². The molecular weight excluding hydrogens is 256 g/mol. The number of thiophene rings is 1. The lowest BCUT2D eigenvalue weighted by Crippen LogP contribution is -2.24. The molecule has 0 bridgehead atoms. The van der Waals surface area contributed by atoms with Crippen molar-refractivity contribution in [1.29, 1.82) is 5.26 Å². The van der Waals surface area contributed by atoms with E-state index in [0.717, 1.165) is 11.3 Å². The molecule has 1 heterocycles. The molecule has 1 N–H and O–H groups in total. The largest absolute Gasteiger partial charge is 0.250 e. The molecule has 15 heavy (non-hydrogen) atoms. The molecule has 1 aromatic rings. The highest BCUT2D eigenvalue weighted by Crippen LogP contribution is 2.20. The van der Waals surface area contributed by atoms with Crippen LogP contribution in [-0.4, -0.2) is 20.8 Å². The SMILES string of the molecule is N#Cc1ccc(S(=O)(=O)NCCCCl)s1. The van der Waals surface area contributed by atoms with E-state index in [4.69, 9.17) is 16.9 Å². The average Bonchev–Trinajstić information content (AvgIpc) is 2.66. The van der Waals surface area contributed by atoms with Gasteiger partial charge in [-0.3, -0.25) is 0 Å². The van der Waals surface area contributed by atoms with Crippen molar-refractivity contribution in [3.63, 3.8) is 0 Å². The fourth-order valence-corrected chi connectivity index (χ4v) is 3.22. The number of nitriles is 1. The van der Waals surface area contributed by atoms with Gasteiger partial charge in [0.2, 0.25) is 10.0 Å².